The van der Waals surface area contributed by atoms with Crippen LogP contribution >= 0.6 is 0 Å². The zero-order valence-electron chi connectivity index (χ0n) is 20.8. The second-order valence-electron chi connectivity index (χ2n) is 9.81. The van der Waals surface area contributed by atoms with Gasteiger partial charge in [0.1, 0.15) is 28.9 Å². The van der Waals surface area contributed by atoms with Gasteiger partial charge in [-0.1, -0.05) is 31.2 Å². The molecular formula is C27H32N2O7. The average molecular weight is 497 g/mol. The van der Waals surface area contributed by atoms with Crippen molar-refractivity contribution in [2.24, 2.45) is 11.8 Å². The summed E-state index contributed by atoms with van der Waals surface area (Å²) in [5, 5.41) is 10.0. The number of hydrogen-bond acceptors (Lipinski definition) is 7. The molecule has 1 aromatic carbocycles. The van der Waals surface area contributed by atoms with Crippen LogP contribution in [0.15, 0.2) is 48.6 Å². The second kappa shape index (κ2) is 9.05. The molecule has 1 aromatic rings. The molecule has 1 spiro atoms. The average Bonchev–Trinajstić information content (AvgIpc) is 3.24. The van der Waals surface area contributed by atoms with Crippen LogP contribution in [0.25, 0.3) is 0 Å². The molecule has 192 valence electrons. The van der Waals surface area contributed by atoms with E-state index in [0.29, 0.717) is 24.3 Å². The van der Waals surface area contributed by atoms with Gasteiger partial charge in [-0.3, -0.25) is 14.4 Å². The number of likely N-dealkylation sites (tertiary alicyclic amines) is 1. The number of aliphatic hydroxyl groups excluding tert-OH is 1. The van der Waals surface area contributed by atoms with Crippen molar-refractivity contribution in [3.8, 4) is 5.75 Å². The van der Waals surface area contributed by atoms with Gasteiger partial charge in [0, 0.05) is 12.2 Å². The van der Waals surface area contributed by atoms with Crippen LogP contribution in [0.3, 0.4) is 0 Å². The number of methoxy groups -OCH3 is 1. The minimum atomic E-state index is -1.38. The van der Waals surface area contributed by atoms with Crippen molar-refractivity contribution in [3.05, 3.63) is 48.6 Å². The minimum absolute atomic E-state index is 0.222. The van der Waals surface area contributed by atoms with Crippen LogP contribution in [-0.2, 0) is 23.9 Å². The quantitative estimate of drug-likeness (QED) is 0.490. The highest BCUT2D eigenvalue weighted by atomic mass is 16.6. The van der Waals surface area contributed by atoms with Crippen molar-refractivity contribution in [2.45, 2.75) is 50.0 Å². The molecule has 9 nitrogen and oxygen atoms in total. The number of amides is 2. The van der Waals surface area contributed by atoms with Crippen LogP contribution in [0, 0.1) is 11.8 Å². The molecule has 2 saturated heterocycles. The Kier molecular flexibility index (Phi) is 6.16. The third kappa shape index (κ3) is 3.40. The number of ether oxygens (including phenoxy) is 3. The number of carbonyl (C=O) groups excluding carboxylic acids is 3. The fraction of sp³-hybridized carbons (Fsp3) is 0.519. The van der Waals surface area contributed by atoms with E-state index in [-0.39, 0.29) is 31.6 Å². The summed E-state index contributed by atoms with van der Waals surface area (Å²) in [5.74, 6) is -2.42. The van der Waals surface area contributed by atoms with E-state index in [1.807, 2.05) is 25.2 Å². The smallest absolute Gasteiger partial charge is 0.313 e. The Hall–Kier alpha value is -3.17. The SMILES string of the molecule is CC[C@@]12C=CCCOC(=O)[C@@H]1[C@H]1C(=O)N([C@H](C)CO)C3C(=O)N(c4ccc(OC)cc4)CC=C[C@@]31O2. The van der Waals surface area contributed by atoms with Gasteiger partial charge in [-0.25, -0.2) is 0 Å². The first-order valence-electron chi connectivity index (χ1n) is 12.4. The maximum Gasteiger partial charge on any atom is 0.313 e. The molecule has 1 N–H and O–H groups in total. The Bertz CT molecular complexity index is 1120. The molecule has 0 radical (unpaired) electrons. The number of hydrogen-bond donors (Lipinski definition) is 1. The standard InChI is InChI=1S/C27H32N2O7/c1-4-26-12-5-6-15-35-25(33)21(26)20-23(31)29(17(2)16-30)22-24(32)28(14-7-13-27(20,22)36-26)18-8-10-19(34-3)11-9-18/h5,7-13,17,20-22,30H,4,6,14-16H2,1-3H3/t17-,20+,21+,22?,26-,27+/m1/s1. The summed E-state index contributed by atoms with van der Waals surface area (Å²) in [4.78, 5) is 44.7. The first kappa shape index (κ1) is 24.5. The van der Waals surface area contributed by atoms with E-state index < -0.39 is 41.1 Å². The highest BCUT2D eigenvalue weighted by Gasteiger charge is 2.75. The summed E-state index contributed by atoms with van der Waals surface area (Å²) in [6.45, 7) is 3.75. The molecule has 2 fully saturated rings. The van der Waals surface area contributed by atoms with Gasteiger partial charge in [0.25, 0.3) is 5.91 Å². The maximum absolute atomic E-state index is 14.3. The third-order valence-electron chi connectivity index (χ3n) is 7.96. The lowest BCUT2D eigenvalue weighted by atomic mass is 9.73. The van der Waals surface area contributed by atoms with Crippen LogP contribution in [-0.4, -0.2) is 77.9 Å². The van der Waals surface area contributed by atoms with Crippen LogP contribution in [0.2, 0.25) is 0 Å². The number of rotatable bonds is 5. The monoisotopic (exact) mass is 496 g/mol. The highest BCUT2D eigenvalue weighted by Crippen LogP contribution is 2.58. The summed E-state index contributed by atoms with van der Waals surface area (Å²) in [6, 6.07) is 5.39. The van der Waals surface area contributed by atoms with Gasteiger partial charge in [-0.2, -0.15) is 0 Å². The largest absolute Gasteiger partial charge is 0.497 e. The van der Waals surface area contributed by atoms with Crippen molar-refractivity contribution in [2.75, 3.05) is 31.8 Å². The Morgan fingerprint density at radius 1 is 1.11 bits per heavy atom. The summed E-state index contributed by atoms with van der Waals surface area (Å²) >= 11 is 0. The molecule has 4 aliphatic rings. The summed E-state index contributed by atoms with van der Waals surface area (Å²) in [5.41, 5.74) is -1.82. The van der Waals surface area contributed by atoms with Crippen LogP contribution in [0.1, 0.15) is 26.7 Å². The van der Waals surface area contributed by atoms with Crippen molar-refractivity contribution >= 4 is 23.5 Å². The zero-order chi connectivity index (χ0) is 25.7. The number of nitrogens with zero attached hydrogens (tertiary/aromatic N) is 2. The van der Waals surface area contributed by atoms with E-state index in [4.69, 9.17) is 14.2 Å². The van der Waals surface area contributed by atoms with Gasteiger partial charge >= 0.3 is 5.97 Å². The minimum Gasteiger partial charge on any atom is -0.497 e. The molecular weight excluding hydrogens is 464 g/mol. The fourth-order valence-corrected chi connectivity index (χ4v) is 6.22. The van der Waals surface area contributed by atoms with Crippen molar-refractivity contribution in [1.29, 1.82) is 0 Å². The Balaban J connectivity index is 1.66. The Morgan fingerprint density at radius 2 is 1.86 bits per heavy atom. The molecule has 9 heteroatoms. The Morgan fingerprint density at radius 3 is 2.53 bits per heavy atom. The molecule has 0 aromatic heterocycles. The summed E-state index contributed by atoms with van der Waals surface area (Å²) in [7, 11) is 1.57. The molecule has 36 heavy (non-hydrogen) atoms. The molecule has 1 unspecified atom stereocenters. The first-order chi connectivity index (χ1) is 17.3. The fourth-order valence-electron chi connectivity index (χ4n) is 6.22. The number of esters is 1. The molecule has 0 aliphatic carbocycles. The number of cyclic esters (lactones) is 1. The van der Waals surface area contributed by atoms with E-state index in [1.54, 1.807) is 49.3 Å². The topological polar surface area (TPSA) is 106 Å². The van der Waals surface area contributed by atoms with Gasteiger partial charge in [-0.15, -0.1) is 0 Å². The van der Waals surface area contributed by atoms with E-state index in [0.717, 1.165) is 0 Å². The lowest BCUT2D eigenvalue weighted by Crippen LogP contribution is -2.58. The number of anilines is 1. The van der Waals surface area contributed by atoms with Gasteiger partial charge < -0.3 is 29.1 Å². The maximum atomic E-state index is 14.3. The van der Waals surface area contributed by atoms with Crippen molar-refractivity contribution in [1.82, 2.24) is 4.90 Å². The normalized spacial score (nSPS) is 34.3. The molecule has 0 saturated carbocycles. The van der Waals surface area contributed by atoms with Crippen LogP contribution < -0.4 is 9.64 Å². The number of carbonyl (C=O) groups is 3. The van der Waals surface area contributed by atoms with Crippen LogP contribution in [0.5, 0.6) is 5.75 Å². The summed E-state index contributed by atoms with van der Waals surface area (Å²) in [6.07, 6.45) is 8.38. The molecule has 4 heterocycles. The predicted octanol–water partition coefficient (Wildman–Crippen LogP) is 1.84. The lowest BCUT2D eigenvalue weighted by molar-refractivity contribution is -0.161. The molecule has 4 aliphatic heterocycles. The zero-order valence-corrected chi connectivity index (χ0v) is 20.8. The van der Waals surface area contributed by atoms with Crippen molar-refractivity contribution < 1.29 is 33.7 Å². The molecule has 6 atom stereocenters. The molecule has 2 amide bonds. The van der Waals surface area contributed by atoms with E-state index in [2.05, 4.69) is 0 Å². The lowest BCUT2D eigenvalue weighted by Gasteiger charge is -2.40. The van der Waals surface area contributed by atoms with Gasteiger partial charge in [0.15, 0.2) is 0 Å². The van der Waals surface area contributed by atoms with Crippen LogP contribution in [0.4, 0.5) is 5.69 Å². The van der Waals surface area contributed by atoms with Gasteiger partial charge in [0.2, 0.25) is 5.91 Å². The molecule has 0 bridgehead atoms. The Labute approximate surface area is 210 Å². The van der Waals surface area contributed by atoms with Gasteiger partial charge in [-0.05, 0) is 44.0 Å². The summed E-state index contributed by atoms with van der Waals surface area (Å²) < 4.78 is 17.6. The predicted molar refractivity (Wildman–Crippen MR) is 130 cm³/mol. The highest BCUT2D eigenvalue weighted by molar-refractivity contribution is 6.05. The van der Waals surface area contributed by atoms with E-state index in [9.17, 15) is 19.5 Å². The first-order valence-corrected chi connectivity index (χ1v) is 12.4. The van der Waals surface area contributed by atoms with Gasteiger partial charge in [0.05, 0.1) is 32.3 Å². The molecule has 5 rings (SSSR count). The number of benzene rings is 1. The van der Waals surface area contributed by atoms with E-state index >= 15 is 0 Å². The number of aliphatic hydroxyl groups is 1. The second-order valence-corrected chi connectivity index (χ2v) is 9.81. The third-order valence-corrected chi connectivity index (χ3v) is 7.96. The van der Waals surface area contributed by atoms with Crippen molar-refractivity contribution in [3.63, 3.8) is 0 Å². The van der Waals surface area contributed by atoms with E-state index in [1.165, 1.54) is 4.90 Å². The number of fused-ring (bicyclic) bond motifs is 2.